The molecular weight excluding hydrogens is 184 g/mol. The van der Waals surface area contributed by atoms with Crippen molar-refractivity contribution in [1.82, 2.24) is 16.0 Å². The van der Waals surface area contributed by atoms with Crippen molar-refractivity contribution in [2.45, 2.75) is 18.9 Å². The van der Waals surface area contributed by atoms with E-state index in [0.717, 1.165) is 0 Å². The maximum absolute atomic E-state index is 11.2. The summed E-state index contributed by atoms with van der Waals surface area (Å²) in [5, 5.41) is 7.90. The third-order valence-corrected chi connectivity index (χ3v) is 1.88. The van der Waals surface area contributed by atoms with Crippen LogP contribution in [0.4, 0.5) is 4.79 Å². The van der Waals surface area contributed by atoms with Gasteiger partial charge < -0.3 is 21.7 Å². The molecule has 0 aromatic heterocycles. The molecule has 0 aromatic rings. The molecule has 14 heavy (non-hydrogen) atoms. The molecule has 0 rings (SSSR count). The summed E-state index contributed by atoms with van der Waals surface area (Å²) in [6.07, 6.45) is 1.37. The van der Waals surface area contributed by atoms with E-state index in [1.807, 2.05) is 0 Å². The Balaban J connectivity index is 3.63. The Labute approximate surface area is 83.6 Å². The van der Waals surface area contributed by atoms with Crippen molar-refractivity contribution in [3.05, 3.63) is 0 Å². The Hall–Kier alpha value is -1.30. The lowest BCUT2D eigenvalue weighted by atomic mass is 10.1. The zero-order valence-electron chi connectivity index (χ0n) is 8.59. The summed E-state index contributed by atoms with van der Waals surface area (Å²) in [7, 11) is 3.32. The van der Waals surface area contributed by atoms with Crippen LogP contribution in [0.15, 0.2) is 0 Å². The van der Waals surface area contributed by atoms with E-state index in [9.17, 15) is 9.59 Å². The van der Waals surface area contributed by atoms with Crippen LogP contribution in [-0.2, 0) is 4.79 Å². The van der Waals surface area contributed by atoms with Crippen LogP contribution in [0.5, 0.6) is 0 Å². The zero-order valence-corrected chi connectivity index (χ0v) is 8.59. The minimum absolute atomic E-state index is 0.0495. The maximum atomic E-state index is 11.2. The first kappa shape index (κ1) is 12.7. The van der Waals surface area contributed by atoms with Crippen molar-refractivity contribution in [1.29, 1.82) is 0 Å². The van der Waals surface area contributed by atoms with Gasteiger partial charge in [0.05, 0.1) is 6.04 Å². The number of nitrogens with one attached hydrogen (secondary N) is 3. The average Bonchev–Trinajstić information content (AvgIpc) is 2.16. The maximum Gasteiger partial charge on any atom is 0.312 e. The second-order valence-electron chi connectivity index (χ2n) is 2.89. The Morgan fingerprint density at radius 2 is 2.00 bits per heavy atom. The van der Waals surface area contributed by atoms with E-state index in [0.29, 0.717) is 19.4 Å². The summed E-state index contributed by atoms with van der Waals surface area (Å²) in [5.74, 6) is -0.0495. The molecule has 82 valence electrons. The van der Waals surface area contributed by atoms with Crippen molar-refractivity contribution < 1.29 is 9.59 Å². The van der Waals surface area contributed by atoms with Crippen LogP contribution in [0.2, 0.25) is 0 Å². The molecule has 0 aromatic carbocycles. The lowest BCUT2D eigenvalue weighted by molar-refractivity contribution is -0.122. The van der Waals surface area contributed by atoms with Gasteiger partial charge in [-0.25, -0.2) is 4.79 Å². The molecular formula is C8H18N4O2. The van der Waals surface area contributed by atoms with Gasteiger partial charge in [-0.05, 0) is 19.9 Å². The quantitative estimate of drug-likeness (QED) is 0.406. The number of amides is 3. The molecule has 0 unspecified atom stereocenters. The molecule has 6 nitrogen and oxygen atoms in total. The predicted octanol–water partition coefficient (Wildman–Crippen LogP) is -1.23. The van der Waals surface area contributed by atoms with Gasteiger partial charge in [0.2, 0.25) is 5.91 Å². The average molecular weight is 202 g/mol. The number of likely N-dealkylation sites (N-methyl/N-ethyl adjacent to an activating group) is 2. The topological polar surface area (TPSA) is 96.2 Å². The number of urea groups is 1. The lowest BCUT2D eigenvalue weighted by Crippen LogP contribution is -2.41. The molecule has 0 fully saturated rings. The highest BCUT2D eigenvalue weighted by atomic mass is 16.2. The van der Waals surface area contributed by atoms with Crippen molar-refractivity contribution in [2.75, 3.05) is 20.6 Å². The molecule has 5 N–H and O–H groups in total. The SMILES string of the molecule is CNC(=O)[C@H](CCCNC(N)=O)NC. The highest BCUT2D eigenvalue weighted by Crippen LogP contribution is 1.95. The summed E-state index contributed by atoms with van der Waals surface area (Å²) in [4.78, 5) is 21.5. The summed E-state index contributed by atoms with van der Waals surface area (Å²) in [5.41, 5.74) is 4.88. The van der Waals surface area contributed by atoms with Gasteiger partial charge in [0.1, 0.15) is 0 Å². The van der Waals surface area contributed by atoms with E-state index in [1.54, 1.807) is 14.1 Å². The standard InChI is InChI=1S/C8H18N4O2/c1-10-6(7(13)11-2)4-3-5-12-8(9)14/h6,10H,3-5H2,1-2H3,(H,11,13)(H3,9,12,14)/t6-/m0/s1. The third kappa shape index (κ3) is 5.36. The first-order valence-corrected chi connectivity index (χ1v) is 4.54. The molecule has 0 heterocycles. The summed E-state index contributed by atoms with van der Waals surface area (Å²) in [6, 6.07) is -0.749. The van der Waals surface area contributed by atoms with Gasteiger partial charge in [-0.3, -0.25) is 4.79 Å². The molecule has 0 saturated heterocycles. The molecule has 0 aliphatic rings. The highest BCUT2D eigenvalue weighted by Gasteiger charge is 2.13. The number of carbonyl (C=O) groups excluding carboxylic acids is 2. The van der Waals surface area contributed by atoms with Crippen LogP contribution >= 0.6 is 0 Å². The predicted molar refractivity (Wildman–Crippen MR) is 53.7 cm³/mol. The van der Waals surface area contributed by atoms with Gasteiger partial charge >= 0.3 is 6.03 Å². The van der Waals surface area contributed by atoms with Gasteiger partial charge in [-0.2, -0.15) is 0 Å². The summed E-state index contributed by atoms with van der Waals surface area (Å²) < 4.78 is 0. The van der Waals surface area contributed by atoms with E-state index >= 15 is 0 Å². The van der Waals surface area contributed by atoms with Crippen LogP contribution in [0, 0.1) is 0 Å². The van der Waals surface area contributed by atoms with Crippen molar-refractivity contribution in [3.63, 3.8) is 0 Å². The van der Waals surface area contributed by atoms with Crippen LogP contribution < -0.4 is 21.7 Å². The minimum Gasteiger partial charge on any atom is -0.358 e. The highest BCUT2D eigenvalue weighted by molar-refractivity contribution is 5.81. The molecule has 6 heteroatoms. The van der Waals surface area contributed by atoms with Crippen molar-refractivity contribution in [2.24, 2.45) is 5.73 Å². The first-order valence-electron chi connectivity index (χ1n) is 4.54. The fraction of sp³-hybridized carbons (Fsp3) is 0.750. The fourth-order valence-corrected chi connectivity index (χ4v) is 1.10. The lowest BCUT2D eigenvalue weighted by Gasteiger charge is -2.13. The van der Waals surface area contributed by atoms with Crippen molar-refractivity contribution >= 4 is 11.9 Å². The number of primary amides is 1. The smallest absolute Gasteiger partial charge is 0.312 e. The van der Waals surface area contributed by atoms with E-state index in [2.05, 4.69) is 16.0 Å². The number of hydrogen-bond acceptors (Lipinski definition) is 3. The van der Waals surface area contributed by atoms with Crippen LogP contribution in [0.1, 0.15) is 12.8 Å². The van der Waals surface area contributed by atoms with E-state index < -0.39 is 6.03 Å². The van der Waals surface area contributed by atoms with Gasteiger partial charge in [0.15, 0.2) is 0 Å². The summed E-state index contributed by atoms with van der Waals surface area (Å²) in [6.45, 7) is 0.491. The normalized spacial score (nSPS) is 11.9. The first-order chi connectivity index (χ1) is 6.61. The van der Waals surface area contributed by atoms with Crippen LogP contribution in [0.3, 0.4) is 0 Å². The molecule has 0 saturated carbocycles. The Morgan fingerprint density at radius 1 is 1.36 bits per heavy atom. The molecule has 0 radical (unpaired) electrons. The molecule has 0 aliphatic heterocycles. The Bertz CT molecular complexity index is 196. The monoisotopic (exact) mass is 202 g/mol. The second-order valence-corrected chi connectivity index (χ2v) is 2.89. The van der Waals surface area contributed by atoms with Crippen LogP contribution in [-0.4, -0.2) is 38.6 Å². The molecule has 0 aliphatic carbocycles. The molecule has 0 spiro atoms. The largest absolute Gasteiger partial charge is 0.358 e. The van der Waals surface area contributed by atoms with Gasteiger partial charge in [0.25, 0.3) is 0 Å². The Morgan fingerprint density at radius 3 is 2.43 bits per heavy atom. The number of carbonyl (C=O) groups is 2. The van der Waals surface area contributed by atoms with Gasteiger partial charge in [-0.1, -0.05) is 0 Å². The Kier molecular flexibility index (Phi) is 6.47. The third-order valence-electron chi connectivity index (χ3n) is 1.88. The molecule has 1 atom stereocenters. The number of rotatable bonds is 6. The zero-order chi connectivity index (χ0) is 11.0. The van der Waals surface area contributed by atoms with E-state index in [1.165, 1.54) is 0 Å². The van der Waals surface area contributed by atoms with E-state index in [4.69, 9.17) is 5.73 Å². The molecule has 3 amide bonds. The number of nitrogens with two attached hydrogens (primary N) is 1. The number of hydrogen-bond donors (Lipinski definition) is 4. The minimum atomic E-state index is -0.536. The van der Waals surface area contributed by atoms with E-state index in [-0.39, 0.29) is 11.9 Å². The fourth-order valence-electron chi connectivity index (χ4n) is 1.10. The van der Waals surface area contributed by atoms with Gasteiger partial charge in [-0.15, -0.1) is 0 Å². The molecule has 0 bridgehead atoms. The summed E-state index contributed by atoms with van der Waals surface area (Å²) >= 11 is 0. The second kappa shape index (κ2) is 7.14. The van der Waals surface area contributed by atoms with Crippen molar-refractivity contribution in [3.8, 4) is 0 Å². The van der Waals surface area contributed by atoms with Crippen LogP contribution in [0.25, 0.3) is 0 Å². The van der Waals surface area contributed by atoms with Gasteiger partial charge in [0, 0.05) is 13.6 Å².